The molecular formula is C11H18N4S. The highest BCUT2D eigenvalue weighted by molar-refractivity contribution is 7.98. The number of hydrogen-bond donors (Lipinski definition) is 1. The second-order valence-corrected chi connectivity index (χ2v) is 4.83. The number of rotatable bonds is 6. The SMILES string of the molecule is CCCCNc1nc(SC)nc(C2CC2)n1. The molecule has 1 N–H and O–H groups in total. The number of thioether (sulfide) groups is 1. The molecule has 16 heavy (non-hydrogen) atoms. The van der Waals surface area contributed by atoms with Crippen LogP contribution >= 0.6 is 11.8 Å². The van der Waals surface area contributed by atoms with E-state index < -0.39 is 0 Å². The number of unbranched alkanes of at least 4 members (excludes halogenated alkanes) is 1. The van der Waals surface area contributed by atoms with Crippen LogP contribution in [-0.4, -0.2) is 27.8 Å². The van der Waals surface area contributed by atoms with Crippen molar-refractivity contribution in [3.8, 4) is 0 Å². The van der Waals surface area contributed by atoms with Crippen LogP contribution < -0.4 is 5.32 Å². The second kappa shape index (κ2) is 5.48. The van der Waals surface area contributed by atoms with Gasteiger partial charge in [-0.3, -0.25) is 0 Å². The molecule has 0 spiro atoms. The monoisotopic (exact) mass is 238 g/mol. The van der Waals surface area contributed by atoms with E-state index in [1.54, 1.807) is 11.8 Å². The molecule has 0 bridgehead atoms. The van der Waals surface area contributed by atoms with Crippen molar-refractivity contribution in [2.75, 3.05) is 18.1 Å². The van der Waals surface area contributed by atoms with Crippen molar-refractivity contribution < 1.29 is 0 Å². The minimum Gasteiger partial charge on any atom is -0.354 e. The van der Waals surface area contributed by atoms with Gasteiger partial charge in [-0.15, -0.1) is 0 Å². The molecular weight excluding hydrogens is 220 g/mol. The lowest BCUT2D eigenvalue weighted by Gasteiger charge is -2.06. The highest BCUT2D eigenvalue weighted by Gasteiger charge is 2.27. The summed E-state index contributed by atoms with van der Waals surface area (Å²) in [4.78, 5) is 13.3. The third-order valence-electron chi connectivity index (χ3n) is 2.57. The molecule has 1 fully saturated rings. The van der Waals surface area contributed by atoms with Gasteiger partial charge in [-0.25, -0.2) is 4.98 Å². The van der Waals surface area contributed by atoms with Crippen LogP contribution in [0.3, 0.4) is 0 Å². The van der Waals surface area contributed by atoms with Gasteiger partial charge in [0, 0.05) is 12.5 Å². The van der Waals surface area contributed by atoms with Crippen LogP contribution in [0.2, 0.25) is 0 Å². The molecule has 0 atom stereocenters. The zero-order valence-corrected chi connectivity index (χ0v) is 10.7. The van der Waals surface area contributed by atoms with E-state index in [4.69, 9.17) is 0 Å². The number of nitrogens with one attached hydrogen (secondary N) is 1. The van der Waals surface area contributed by atoms with Crippen molar-refractivity contribution >= 4 is 17.7 Å². The molecule has 1 aliphatic rings. The lowest BCUT2D eigenvalue weighted by Crippen LogP contribution is -2.08. The van der Waals surface area contributed by atoms with Crippen LogP contribution in [0.5, 0.6) is 0 Å². The van der Waals surface area contributed by atoms with Gasteiger partial charge in [0.05, 0.1) is 0 Å². The molecule has 0 aromatic carbocycles. The number of aromatic nitrogens is 3. The first-order valence-corrected chi connectivity index (χ1v) is 7.09. The predicted octanol–water partition coefficient (Wildman–Crippen LogP) is 2.68. The zero-order chi connectivity index (χ0) is 11.4. The fraction of sp³-hybridized carbons (Fsp3) is 0.727. The summed E-state index contributed by atoms with van der Waals surface area (Å²) < 4.78 is 0. The fourth-order valence-corrected chi connectivity index (χ4v) is 1.81. The van der Waals surface area contributed by atoms with Gasteiger partial charge < -0.3 is 5.32 Å². The minimum absolute atomic E-state index is 0.584. The van der Waals surface area contributed by atoms with E-state index in [1.807, 2.05) is 6.26 Å². The molecule has 1 aromatic heterocycles. The normalized spacial score (nSPS) is 15.1. The largest absolute Gasteiger partial charge is 0.354 e. The van der Waals surface area contributed by atoms with E-state index in [-0.39, 0.29) is 0 Å². The van der Waals surface area contributed by atoms with E-state index >= 15 is 0 Å². The van der Waals surface area contributed by atoms with Crippen LogP contribution in [0.15, 0.2) is 5.16 Å². The summed E-state index contributed by atoms with van der Waals surface area (Å²) >= 11 is 1.58. The Labute approximate surface area is 101 Å². The third kappa shape index (κ3) is 3.07. The first-order chi connectivity index (χ1) is 7.83. The van der Waals surface area contributed by atoms with Crippen molar-refractivity contribution in [3.05, 3.63) is 5.82 Å². The van der Waals surface area contributed by atoms with E-state index in [9.17, 15) is 0 Å². The Morgan fingerprint density at radius 1 is 1.31 bits per heavy atom. The van der Waals surface area contributed by atoms with Gasteiger partial charge in [0.15, 0.2) is 5.16 Å². The van der Waals surface area contributed by atoms with E-state index in [0.29, 0.717) is 5.92 Å². The molecule has 0 saturated heterocycles. The van der Waals surface area contributed by atoms with Gasteiger partial charge in [-0.2, -0.15) is 9.97 Å². The van der Waals surface area contributed by atoms with Crippen molar-refractivity contribution in [2.24, 2.45) is 0 Å². The van der Waals surface area contributed by atoms with Crippen molar-refractivity contribution in [3.63, 3.8) is 0 Å². The first-order valence-electron chi connectivity index (χ1n) is 5.87. The summed E-state index contributed by atoms with van der Waals surface area (Å²) in [5.74, 6) is 2.30. The summed E-state index contributed by atoms with van der Waals surface area (Å²) in [7, 11) is 0. The maximum Gasteiger partial charge on any atom is 0.226 e. The van der Waals surface area contributed by atoms with Gasteiger partial charge in [-0.1, -0.05) is 25.1 Å². The molecule has 0 radical (unpaired) electrons. The molecule has 1 aromatic rings. The molecule has 5 heteroatoms. The summed E-state index contributed by atoms with van der Waals surface area (Å²) in [5, 5.41) is 4.10. The molecule has 0 aliphatic heterocycles. The lowest BCUT2D eigenvalue weighted by molar-refractivity contribution is 0.785. The standard InChI is InChI=1S/C11H18N4S/c1-3-4-7-12-10-13-9(8-5-6-8)14-11(15-10)16-2/h8H,3-7H2,1-2H3,(H,12,13,14,15). The average Bonchev–Trinajstić information content (AvgIpc) is 3.13. The zero-order valence-electron chi connectivity index (χ0n) is 9.86. The van der Waals surface area contributed by atoms with E-state index in [2.05, 4.69) is 27.2 Å². The molecule has 0 amide bonds. The van der Waals surface area contributed by atoms with Gasteiger partial charge in [0.25, 0.3) is 0 Å². The van der Waals surface area contributed by atoms with Crippen LogP contribution in [0, 0.1) is 0 Å². The highest BCUT2D eigenvalue weighted by Crippen LogP contribution is 2.38. The Kier molecular flexibility index (Phi) is 3.98. The Hall–Kier alpha value is -0.840. The quantitative estimate of drug-likeness (QED) is 0.610. The smallest absolute Gasteiger partial charge is 0.226 e. The molecule has 1 aliphatic carbocycles. The van der Waals surface area contributed by atoms with Crippen LogP contribution in [0.4, 0.5) is 5.95 Å². The van der Waals surface area contributed by atoms with Gasteiger partial charge in [0.1, 0.15) is 5.82 Å². The molecule has 1 saturated carbocycles. The molecule has 0 unspecified atom stereocenters. The Bertz CT molecular complexity index is 352. The van der Waals surface area contributed by atoms with Crippen LogP contribution in [0.25, 0.3) is 0 Å². The van der Waals surface area contributed by atoms with Gasteiger partial charge >= 0.3 is 0 Å². The number of anilines is 1. The lowest BCUT2D eigenvalue weighted by atomic mass is 10.3. The van der Waals surface area contributed by atoms with Crippen molar-refractivity contribution in [2.45, 2.75) is 43.7 Å². The average molecular weight is 238 g/mol. The van der Waals surface area contributed by atoms with E-state index in [1.165, 1.54) is 19.3 Å². The van der Waals surface area contributed by atoms with Gasteiger partial charge in [-0.05, 0) is 25.5 Å². The number of hydrogen-bond acceptors (Lipinski definition) is 5. The number of nitrogens with zero attached hydrogens (tertiary/aromatic N) is 3. The summed E-state index contributed by atoms with van der Waals surface area (Å²) in [6.07, 6.45) is 6.79. The molecule has 1 heterocycles. The molecule has 88 valence electrons. The Balaban J connectivity index is 2.06. The summed E-state index contributed by atoms with van der Waals surface area (Å²) in [5.41, 5.74) is 0. The Morgan fingerprint density at radius 2 is 2.12 bits per heavy atom. The van der Waals surface area contributed by atoms with Crippen molar-refractivity contribution in [1.29, 1.82) is 0 Å². The van der Waals surface area contributed by atoms with Gasteiger partial charge in [0.2, 0.25) is 5.95 Å². The maximum atomic E-state index is 4.47. The predicted molar refractivity (Wildman–Crippen MR) is 67.0 cm³/mol. The summed E-state index contributed by atoms with van der Waals surface area (Å²) in [6, 6.07) is 0. The van der Waals surface area contributed by atoms with Crippen LogP contribution in [0.1, 0.15) is 44.3 Å². The van der Waals surface area contributed by atoms with Crippen LogP contribution in [-0.2, 0) is 0 Å². The Morgan fingerprint density at radius 3 is 2.75 bits per heavy atom. The van der Waals surface area contributed by atoms with E-state index in [0.717, 1.165) is 29.9 Å². The molecule has 2 rings (SSSR count). The maximum absolute atomic E-state index is 4.47. The first kappa shape index (κ1) is 11.6. The fourth-order valence-electron chi connectivity index (χ4n) is 1.44. The van der Waals surface area contributed by atoms with Crippen molar-refractivity contribution in [1.82, 2.24) is 15.0 Å². The summed E-state index contributed by atoms with van der Waals surface area (Å²) in [6.45, 7) is 3.12. The third-order valence-corrected chi connectivity index (χ3v) is 3.12. The minimum atomic E-state index is 0.584. The second-order valence-electron chi connectivity index (χ2n) is 4.06. The topological polar surface area (TPSA) is 50.7 Å². The molecule has 4 nitrogen and oxygen atoms in total. The highest BCUT2D eigenvalue weighted by atomic mass is 32.2.